The number of amidine groups is 1. The summed E-state index contributed by atoms with van der Waals surface area (Å²) >= 11 is 6.16. The SMILES string of the molecule is O=C(OCc1cc(Cl)c2c(c1)OCO2)c1ccc2c(c1)S(=O)(=O)N=C1CCCCCN12. The van der Waals surface area contributed by atoms with Gasteiger partial charge in [0.2, 0.25) is 6.79 Å². The van der Waals surface area contributed by atoms with Crippen LogP contribution in [-0.2, 0) is 21.4 Å². The van der Waals surface area contributed by atoms with E-state index in [0.29, 0.717) is 46.6 Å². The van der Waals surface area contributed by atoms with Gasteiger partial charge >= 0.3 is 5.97 Å². The molecular formula is C21H19ClN2O6S. The fourth-order valence-electron chi connectivity index (χ4n) is 3.94. The molecule has 0 amide bonds. The van der Waals surface area contributed by atoms with Gasteiger partial charge in [-0.3, -0.25) is 0 Å². The number of carbonyl (C=O) groups is 1. The van der Waals surface area contributed by atoms with E-state index in [-0.39, 0.29) is 23.9 Å². The van der Waals surface area contributed by atoms with Crippen LogP contribution >= 0.6 is 11.6 Å². The first-order chi connectivity index (χ1) is 14.9. The fourth-order valence-corrected chi connectivity index (χ4v) is 5.52. The first-order valence-corrected chi connectivity index (χ1v) is 11.7. The van der Waals surface area contributed by atoms with Crippen LogP contribution in [0.4, 0.5) is 5.69 Å². The Labute approximate surface area is 184 Å². The minimum Gasteiger partial charge on any atom is -0.457 e. The smallest absolute Gasteiger partial charge is 0.338 e. The van der Waals surface area contributed by atoms with Gasteiger partial charge in [0.15, 0.2) is 11.5 Å². The molecule has 5 rings (SSSR count). The maximum atomic E-state index is 12.7. The Morgan fingerprint density at radius 2 is 2.03 bits per heavy atom. The summed E-state index contributed by atoms with van der Waals surface area (Å²) in [4.78, 5) is 14.6. The van der Waals surface area contributed by atoms with Crippen LogP contribution in [0, 0.1) is 0 Å². The molecule has 0 aromatic heterocycles. The predicted molar refractivity (Wildman–Crippen MR) is 114 cm³/mol. The van der Waals surface area contributed by atoms with Crippen molar-refractivity contribution >= 4 is 39.1 Å². The molecule has 0 atom stereocenters. The van der Waals surface area contributed by atoms with Gasteiger partial charge in [-0.2, -0.15) is 8.42 Å². The first kappa shape index (κ1) is 20.1. The molecule has 0 N–H and O–H groups in total. The maximum absolute atomic E-state index is 12.7. The average Bonchev–Trinajstić information content (AvgIpc) is 3.11. The van der Waals surface area contributed by atoms with Gasteiger partial charge in [0.1, 0.15) is 17.3 Å². The molecule has 8 nitrogen and oxygen atoms in total. The zero-order chi connectivity index (χ0) is 21.6. The molecule has 0 unspecified atom stereocenters. The summed E-state index contributed by atoms with van der Waals surface area (Å²) in [6.07, 6.45) is 3.52. The minimum atomic E-state index is -3.87. The van der Waals surface area contributed by atoms with Gasteiger partial charge < -0.3 is 19.1 Å². The van der Waals surface area contributed by atoms with Crippen molar-refractivity contribution in [3.8, 4) is 11.5 Å². The monoisotopic (exact) mass is 462 g/mol. The van der Waals surface area contributed by atoms with Gasteiger partial charge in [0.05, 0.1) is 16.3 Å². The number of esters is 1. The van der Waals surface area contributed by atoms with E-state index in [4.69, 9.17) is 25.8 Å². The van der Waals surface area contributed by atoms with Crippen LogP contribution in [0.25, 0.3) is 0 Å². The van der Waals surface area contributed by atoms with Crippen LogP contribution in [0.1, 0.15) is 41.6 Å². The van der Waals surface area contributed by atoms with Crippen LogP contribution in [0.15, 0.2) is 39.6 Å². The Morgan fingerprint density at radius 3 is 2.90 bits per heavy atom. The van der Waals surface area contributed by atoms with Crippen molar-refractivity contribution in [1.82, 2.24) is 0 Å². The number of fused-ring (bicyclic) bond motifs is 4. The number of sulfonamides is 1. The topological polar surface area (TPSA) is 94.5 Å². The zero-order valence-electron chi connectivity index (χ0n) is 16.5. The summed E-state index contributed by atoms with van der Waals surface area (Å²) in [5.74, 6) is 0.882. The van der Waals surface area contributed by atoms with E-state index in [1.54, 1.807) is 24.3 Å². The second kappa shape index (κ2) is 7.72. The van der Waals surface area contributed by atoms with E-state index in [1.165, 1.54) is 6.07 Å². The summed E-state index contributed by atoms with van der Waals surface area (Å²) in [6.45, 7) is 0.743. The Morgan fingerprint density at radius 1 is 1.16 bits per heavy atom. The standard InChI is InChI=1S/C21H19ClN2O6S/c22-15-8-13(9-17-20(15)30-12-29-17)11-28-21(25)14-5-6-16-18(10-14)31(26,27)23-19-4-2-1-3-7-24(16)19/h5-6,8-10H,1-4,7,11-12H2. The molecule has 0 spiro atoms. The van der Waals surface area contributed by atoms with Crippen LogP contribution < -0.4 is 14.4 Å². The van der Waals surface area contributed by atoms with Crippen molar-refractivity contribution in [2.75, 3.05) is 18.2 Å². The lowest BCUT2D eigenvalue weighted by Gasteiger charge is -2.29. The highest BCUT2D eigenvalue weighted by Crippen LogP contribution is 2.40. The number of carbonyl (C=O) groups excluding carboxylic acids is 1. The third-order valence-electron chi connectivity index (χ3n) is 5.44. The van der Waals surface area contributed by atoms with Crippen molar-refractivity contribution in [2.45, 2.75) is 37.2 Å². The highest BCUT2D eigenvalue weighted by Gasteiger charge is 2.32. The van der Waals surface area contributed by atoms with Gasteiger partial charge in [-0.15, -0.1) is 4.40 Å². The van der Waals surface area contributed by atoms with E-state index >= 15 is 0 Å². The molecule has 1 fully saturated rings. The molecule has 3 aliphatic heterocycles. The van der Waals surface area contributed by atoms with Crippen molar-refractivity contribution in [2.24, 2.45) is 4.40 Å². The van der Waals surface area contributed by atoms with Gasteiger partial charge in [0.25, 0.3) is 10.0 Å². The lowest BCUT2D eigenvalue weighted by molar-refractivity contribution is 0.0472. The molecule has 31 heavy (non-hydrogen) atoms. The second-order valence-electron chi connectivity index (χ2n) is 7.51. The maximum Gasteiger partial charge on any atom is 0.338 e. The second-order valence-corrected chi connectivity index (χ2v) is 9.49. The predicted octanol–water partition coefficient (Wildman–Crippen LogP) is 3.91. The Bertz CT molecular complexity index is 1210. The number of nitrogens with zero attached hydrogens (tertiary/aromatic N) is 2. The number of rotatable bonds is 3. The van der Waals surface area contributed by atoms with Crippen molar-refractivity contribution in [1.29, 1.82) is 0 Å². The lowest BCUT2D eigenvalue weighted by atomic mass is 10.1. The summed E-state index contributed by atoms with van der Waals surface area (Å²) in [7, 11) is -3.87. The summed E-state index contributed by atoms with van der Waals surface area (Å²) < 4.78 is 45.4. The minimum absolute atomic E-state index is 0.0266. The van der Waals surface area contributed by atoms with Crippen molar-refractivity contribution in [3.63, 3.8) is 0 Å². The van der Waals surface area contributed by atoms with E-state index < -0.39 is 16.0 Å². The molecule has 3 aliphatic rings. The van der Waals surface area contributed by atoms with E-state index in [2.05, 4.69) is 4.40 Å². The summed E-state index contributed by atoms with van der Waals surface area (Å²) in [5, 5.41) is 0.368. The molecular weight excluding hydrogens is 444 g/mol. The number of halogens is 1. The van der Waals surface area contributed by atoms with Gasteiger partial charge in [-0.1, -0.05) is 18.0 Å². The van der Waals surface area contributed by atoms with E-state index in [0.717, 1.165) is 19.3 Å². The number of hydrogen-bond donors (Lipinski definition) is 0. The molecule has 10 heteroatoms. The number of ether oxygens (including phenoxy) is 3. The zero-order valence-corrected chi connectivity index (χ0v) is 18.0. The number of anilines is 1. The quantitative estimate of drug-likeness (QED) is 0.638. The molecule has 0 radical (unpaired) electrons. The summed E-state index contributed by atoms with van der Waals surface area (Å²) in [6, 6.07) is 7.90. The van der Waals surface area contributed by atoms with Crippen LogP contribution in [0.3, 0.4) is 0 Å². The third-order valence-corrected chi connectivity index (χ3v) is 7.06. The molecule has 162 valence electrons. The van der Waals surface area contributed by atoms with Crippen LogP contribution in [0.2, 0.25) is 5.02 Å². The van der Waals surface area contributed by atoms with Gasteiger partial charge in [-0.25, -0.2) is 4.79 Å². The highest BCUT2D eigenvalue weighted by atomic mass is 35.5. The lowest BCUT2D eigenvalue weighted by Crippen LogP contribution is -2.35. The number of benzene rings is 2. The molecule has 0 saturated carbocycles. The highest BCUT2D eigenvalue weighted by molar-refractivity contribution is 7.90. The van der Waals surface area contributed by atoms with Gasteiger partial charge in [0, 0.05) is 13.0 Å². The molecule has 2 aromatic carbocycles. The largest absolute Gasteiger partial charge is 0.457 e. The molecule has 3 heterocycles. The fraction of sp³-hybridized carbons (Fsp3) is 0.333. The van der Waals surface area contributed by atoms with Crippen molar-refractivity contribution in [3.05, 3.63) is 46.5 Å². The van der Waals surface area contributed by atoms with Crippen molar-refractivity contribution < 1.29 is 27.4 Å². The van der Waals surface area contributed by atoms with E-state index in [1.807, 2.05) is 4.90 Å². The van der Waals surface area contributed by atoms with Crippen LogP contribution in [0.5, 0.6) is 11.5 Å². The molecule has 0 bridgehead atoms. The third kappa shape index (κ3) is 3.72. The Balaban J connectivity index is 1.38. The molecule has 0 aliphatic carbocycles. The first-order valence-electron chi connectivity index (χ1n) is 9.93. The molecule has 1 saturated heterocycles. The average molecular weight is 463 g/mol. The van der Waals surface area contributed by atoms with Gasteiger partial charge in [-0.05, 0) is 48.7 Å². The molecule has 2 aromatic rings. The van der Waals surface area contributed by atoms with E-state index in [9.17, 15) is 13.2 Å². The summed E-state index contributed by atoms with van der Waals surface area (Å²) in [5.41, 5.74) is 1.33. The van der Waals surface area contributed by atoms with Crippen LogP contribution in [-0.4, -0.2) is 33.6 Å². The normalized spacial score (nSPS) is 18.5. The Hall–Kier alpha value is -2.78. The Kier molecular flexibility index (Phi) is 5.02. The number of hydrogen-bond acceptors (Lipinski definition) is 7.